The van der Waals surface area contributed by atoms with Gasteiger partial charge in [-0.15, -0.1) is 0 Å². The molecule has 0 aliphatic rings. The van der Waals surface area contributed by atoms with Gasteiger partial charge in [-0.25, -0.2) is 9.18 Å². The smallest absolute Gasteiger partial charge is 0.343 e. The van der Waals surface area contributed by atoms with Gasteiger partial charge >= 0.3 is 5.97 Å². The average Bonchev–Trinajstić information content (AvgIpc) is 2.03. The van der Waals surface area contributed by atoms with Crippen LogP contribution in [-0.2, 0) is 9.53 Å². The lowest BCUT2D eigenvalue weighted by atomic mass is 9.88. The fraction of sp³-hybridized carbons (Fsp3) is 0.889. The molecule has 13 heavy (non-hydrogen) atoms. The van der Waals surface area contributed by atoms with Gasteiger partial charge in [-0.1, -0.05) is 13.8 Å². The fourth-order valence-electron chi connectivity index (χ4n) is 0.747. The molecule has 0 aromatic rings. The van der Waals surface area contributed by atoms with Crippen molar-refractivity contribution in [3.05, 3.63) is 0 Å². The molecule has 4 heteroatoms. The molecule has 2 atom stereocenters. The van der Waals surface area contributed by atoms with Crippen LogP contribution in [0.1, 0.15) is 27.7 Å². The van der Waals surface area contributed by atoms with Crippen LogP contribution in [0.15, 0.2) is 0 Å². The van der Waals surface area contributed by atoms with Gasteiger partial charge in [-0.2, -0.15) is 0 Å². The topological polar surface area (TPSA) is 46.5 Å². The number of aliphatic hydroxyl groups is 1. The zero-order valence-electron chi connectivity index (χ0n) is 8.50. The number of carbonyl (C=O) groups is 1. The highest BCUT2D eigenvalue weighted by Crippen LogP contribution is 2.23. The van der Waals surface area contributed by atoms with Crippen LogP contribution in [0.4, 0.5) is 4.39 Å². The second kappa shape index (κ2) is 4.56. The molecule has 0 aliphatic heterocycles. The van der Waals surface area contributed by atoms with Crippen molar-refractivity contribution in [2.24, 2.45) is 5.92 Å². The summed E-state index contributed by atoms with van der Waals surface area (Å²) < 4.78 is 17.8. The number of esters is 1. The molecule has 3 nitrogen and oxygen atoms in total. The fourth-order valence-corrected chi connectivity index (χ4v) is 0.747. The van der Waals surface area contributed by atoms with Crippen LogP contribution in [0.25, 0.3) is 0 Å². The number of ether oxygens (including phenoxy) is 1. The van der Waals surface area contributed by atoms with E-state index in [1.165, 1.54) is 6.92 Å². The third kappa shape index (κ3) is 2.95. The van der Waals surface area contributed by atoms with Gasteiger partial charge in [-0.05, 0) is 19.8 Å². The van der Waals surface area contributed by atoms with Gasteiger partial charge in [0.2, 0.25) is 6.17 Å². The minimum Gasteiger partial charge on any atom is -0.464 e. The van der Waals surface area contributed by atoms with E-state index in [-0.39, 0.29) is 12.5 Å². The van der Waals surface area contributed by atoms with Crippen LogP contribution >= 0.6 is 0 Å². The number of carbonyl (C=O) groups excluding carboxylic acids is 1. The SMILES string of the molecule is CCOC(=O)C(F)C(C)(O)C(C)C. The second-order valence-electron chi connectivity index (χ2n) is 3.50. The van der Waals surface area contributed by atoms with Gasteiger partial charge in [0.15, 0.2) is 0 Å². The number of hydrogen-bond acceptors (Lipinski definition) is 3. The van der Waals surface area contributed by atoms with Gasteiger partial charge < -0.3 is 9.84 Å². The Labute approximate surface area is 77.9 Å². The molecule has 0 saturated heterocycles. The third-order valence-corrected chi connectivity index (χ3v) is 2.18. The Kier molecular flexibility index (Phi) is 4.33. The van der Waals surface area contributed by atoms with Gasteiger partial charge in [0.1, 0.15) is 5.60 Å². The predicted octanol–water partition coefficient (Wildman–Crippen LogP) is 1.29. The van der Waals surface area contributed by atoms with Crippen molar-refractivity contribution in [1.29, 1.82) is 0 Å². The Morgan fingerprint density at radius 2 is 2.08 bits per heavy atom. The number of hydrogen-bond donors (Lipinski definition) is 1. The van der Waals surface area contributed by atoms with E-state index in [0.717, 1.165) is 0 Å². The number of halogens is 1. The highest BCUT2D eigenvalue weighted by atomic mass is 19.1. The first kappa shape index (κ1) is 12.4. The maximum absolute atomic E-state index is 13.3. The molecule has 0 radical (unpaired) electrons. The Morgan fingerprint density at radius 3 is 2.38 bits per heavy atom. The zero-order chi connectivity index (χ0) is 10.6. The van der Waals surface area contributed by atoms with Crippen LogP contribution in [0, 0.1) is 5.92 Å². The molecule has 0 aromatic carbocycles. The van der Waals surface area contributed by atoms with Crippen molar-refractivity contribution in [2.75, 3.05) is 6.61 Å². The standard InChI is InChI=1S/C9H17FO3/c1-5-13-8(11)7(10)9(4,12)6(2)3/h6-7,12H,5H2,1-4H3. The van der Waals surface area contributed by atoms with Gasteiger partial charge in [0.25, 0.3) is 0 Å². The first-order valence-corrected chi connectivity index (χ1v) is 4.37. The molecule has 0 saturated carbocycles. The summed E-state index contributed by atoms with van der Waals surface area (Å²) in [6.45, 7) is 6.29. The van der Waals surface area contributed by atoms with Crippen LogP contribution in [0.3, 0.4) is 0 Å². The van der Waals surface area contributed by atoms with E-state index < -0.39 is 17.7 Å². The molecule has 0 rings (SSSR count). The maximum Gasteiger partial charge on any atom is 0.343 e. The third-order valence-electron chi connectivity index (χ3n) is 2.18. The van der Waals surface area contributed by atoms with Crippen LogP contribution < -0.4 is 0 Å². The van der Waals surface area contributed by atoms with E-state index in [4.69, 9.17) is 0 Å². The first-order chi connectivity index (χ1) is 5.84. The van der Waals surface area contributed by atoms with Gasteiger partial charge in [0.05, 0.1) is 6.61 Å². The molecule has 0 bridgehead atoms. The molecule has 1 N–H and O–H groups in total. The molecule has 0 amide bonds. The van der Waals surface area contributed by atoms with Crippen molar-refractivity contribution >= 4 is 5.97 Å². The molecule has 78 valence electrons. The largest absolute Gasteiger partial charge is 0.464 e. The highest BCUT2D eigenvalue weighted by molar-refractivity contribution is 5.76. The predicted molar refractivity (Wildman–Crippen MR) is 47.0 cm³/mol. The van der Waals surface area contributed by atoms with Crippen LogP contribution in [0.5, 0.6) is 0 Å². The van der Waals surface area contributed by atoms with E-state index in [1.807, 2.05) is 0 Å². The van der Waals surface area contributed by atoms with E-state index in [2.05, 4.69) is 4.74 Å². The zero-order valence-corrected chi connectivity index (χ0v) is 8.50. The quantitative estimate of drug-likeness (QED) is 0.683. The molecule has 0 aromatic heterocycles. The van der Waals surface area contributed by atoms with Crippen molar-refractivity contribution in [1.82, 2.24) is 0 Å². The van der Waals surface area contributed by atoms with Gasteiger partial charge in [-0.3, -0.25) is 0 Å². The Hall–Kier alpha value is -0.640. The minimum absolute atomic E-state index is 0.118. The minimum atomic E-state index is -1.98. The molecular weight excluding hydrogens is 175 g/mol. The van der Waals surface area contributed by atoms with Gasteiger partial charge in [0, 0.05) is 0 Å². The lowest BCUT2D eigenvalue weighted by molar-refractivity contribution is -0.162. The van der Waals surface area contributed by atoms with E-state index in [9.17, 15) is 14.3 Å². The van der Waals surface area contributed by atoms with E-state index in [0.29, 0.717) is 0 Å². The van der Waals surface area contributed by atoms with Crippen molar-refractivity contribution in [3.63, 3.8) is 0 Å². The van der Waals surface area contributed by atoms with Crippen molar-refractivity contribution in [2.45, 2.75) is 39.5 Å². The molecule has 0 spiro atoms. The summed E-state index contributed by atoms with van der Waals surface area (Å²) in [7, 11) is 0. The summed E-state index contributed by atoms with van der Waals surface area (Å²) in [5.74, 6) is -1.34. The monoisotopic (exact) mass is 192 g/mol. The molecule has 0 fully saturated rings. The highest BCUT2D eigenvalue weighted by Gasteiger charge is 2.41. The van der Waals surface area contributed by atoms with Crippen LogP contribution in [-0.4, -0.2) is 29.5 Å². The Bertz CT molecular complexity index is 178. The number of alkyl halides is 1. The summed E-state index contributed by atoms with van der Waals surface area (Å²) in [6.07, 6.45) is -1.98. The number of rotatable bonds is 4. The summed E-state index contributed by atoms with van der Waals surface area (Å²) in [4.78, 5) is 10.9. The summed E-state index contributed by atoms with van der Waals surface area (Å²) in [5, 5.41) is 9.58. The average molecular weight is 192 g/mol. The lowest BCUT2D eigenvalue weighted by Gasteiger charge is -2.29. The Morgan fingerprint density at radius 1 is 1.62 bits per heavy atom. The molecular formula is C9H17FO3. The maximum atomic E-state index is 13.3. The van der Waals surface area contributed by atoms with Crippen molar-refractivity contribution in [3.8, 4) is 0 Å². The molecule has 2 unspecified atom stereocenters. The summed E-state index contributed by atoms with van der Waals surface area (Å²) in [6, 6.07) is 0. The van der Waals surface area contributed by atoms with E-state index >= 15 is 0 Å². The first-order valence-electron chi connectivity index (χ1n) is 4.37. The lowest BCUT2D eigenvalue weighted by Crippen LogP contribution is -2.46. The Balaban J connectivity index is 4.39. The van der Waals surface area contributed by atoms with E-state index in [1.54, 1.807) is 20.8 Å². The molecule has 0 heterocycles. The summed E-state index contributed by atoms with van der Waals surface area (Å²) >= 11 is 0. The second-order valence-corrected chi connectivity index (χ2v) is 3.50. The summed E-state index contributed by atoms with van der Waals surface area (Å²) in [5.41, 5.74) is -1.66. The van der Waals surface area contributed by atoms with Crippen LogP contribution in [0.2, 0.25) is 0 Å². The normalized spacial score (nSPS) is 18.1. The van der Waals surface area contributed by atoms with Crippen molar-refractivity contribution < 1.29 is 19.0 Å². The molecule has 0 aliphatic carbocycles.